The highest BCUT2D eigenvalue weighted by atomic mass is 16.5. The van der Waals surface area contributed by atoms with Gasteiger partial charge in [-0.3, -0.25) is 9.59 Å². The number of hydrogen-bond donors (Lipinski definition) is 0. The van der Waals surface area contributed by atoms with Gasteiger partial charge in [0.25, 0.3) is 6.71 Å². The van der Waals surface area contributed by atoms with E-state index < -0.39 is 5.97 Å². The largest absolute Gasteiger partial charge is 0.466 e. The van der Waals surface area contributed by atoms with Gasteiger partial charge in [-0.2, -0.15) is 0 Å². The standard InChI is InChI=1S/C11H16BNO3/c1-2-16-11(15)5-10(14)4-3-9-6-12(7-9)8-13/h9H,2-7H2,1H3. The zero-order valence-corrected chi connectivity index (χ0v) is 9.57. The summed E-state index contributed by atoms with van der Waals surface area (Å²) in [5, 5.41) is 8.58. The van der Waals surface area contributed by atoms with Crippen LogP contribution in [-0.2, 0) is 14.3 Å². The Morgan fingerprint density at radius 2 is 2.19 bits per heavy atom. The number of carbonyl (C=O) groups excluding carboxylic acids is 2. The van der Waals surface area contributed by atoms with Gasteiger partial charge in [-0.05, 0) is 13.3 Å². The molecule has 4 nitrogen and oxygen atoms in total. The Bertz CT molecular complexity index is 305. The highest BCUT2D eigenvalue weighted by molar-refractivity contribution is 6.69. The summed E-state index contributed by atoms with van der Waals surface area (Å²) in [5.41, 5.74) is 0. The van der Waals surface area contributed by atoms with E-state index in [1.54, 1.807) is 6.92 Å². The van der Waals surface area contributed by atoms with Gasteiger partial charge in [0.2, 0.25) is 0 Å². The molecule has 0 aromatic rings. The van der Waals surface area contributed by atoms with Gasteiger partial charge in [0, 0.05) is 12.4 Å². The first-order chi connectivity index (χ1) is 7.65. The maximum absolute atomic E-state index is 11.4. The number of carbonyl (C=O) groups is 2. The third-order valence-corrected chi connectivity index (χ3v) is 2.90. The van der Waals surface area contributed by atoms with E-state index in [9.17, 15) is 9.59 Å². The number of ether oxygens (including phenoxy) is 1. The van der Waals surface area contributed by atoms with Crippen molar-refractivity contribution < 1.29 is 14.3 Å². The van der Waals surface area contributed by atoms with Gasteiger partial charge in [0.15, 0.2) is 0 Å². The molecule has 0 saturated carbocycles. The number of hydrogen-bond acceptors (Lipinski definition) is 4. The molecule has 0 bridgehead atoms. The number of nitrogens with zero attached hydrogens (tertiary/aromatic N) is 1. The number of ketones is 1. The van der Waals surface area contributed by atoms with Crippen molar-refractivity contribution >= 4 is 18.5 Å². The molecule has 5 heteroatoms. The van der Waals surface area contributed by atoms with Crippen LogP contribution in [0.5, 0.6) is 0 Å². The van der Waals surface area contributed by atoms with Crippen LogP contribution in [0.25, 0.3) is 0 Å². The second-order valence-electron chi connectivity index (χ2n) is 4.22. The first-order valence-corrected chi connectivity index (χ1v) is 5.72. The Morgan fingerprint density at radius 3 is 2.75 bits per heavy atom. The summed E-state index contributed by atoms with van der Waals surface area (Å²) in [6.45, 7) is 2.22. The molecule has 0 aliphatic carbocycles. The van der Waals surface area contributed by atoms with Crippen LogP contribution in [0.4, 0.5) is 0 Å². The molecule has 16 heavy (non-hydrogen) atoms. The van der Waals surface area contributed by atoms with Gasteiger partial charge in [-0.15, -0.1) is 0 Å². The van der Waals surface area contributed by atoms with Crippen LogP contribution in [0.1, 0.15) is 26.2 Å². The van der Waals surface area contributed by atoms with Gasteiger partial charge in [0.05, 0.1) is 6.61 Å². The molecule has 0 N–H and O–H groups in total. The van der Waals surface area contributed by atoms with E-state index in [4.69, 9.17) is 10.00 Å². The van der Waals surface area contributed by atoms with E-state index in [1.165, 1.54) is 0 Å². The molecule has 1 heterocycles. The lowest BCUT2D eigenvalue weighted by Gasteiger charge is -2.27. The molecule has 86 valence electrons. The topological polar surface area (TPSA) is 67.2 Å². The molecular formula is C11H16BNO3. The molecule has 1 saturated heterocycles. The SMILES string of the molecule is CCOC(=O)CC(=O)CCC1CB(C#N)C1. The van der Waals surface area contributed by atoms with E-state index in [1.807, 2.05) is 0 Å². The third kappa shape index (κ3) is 4.05. The Labute approximate surface area is 96.0 Å². The van der Waals surface area contributed by atoms with E-state index in [0.29, 0.717) is 18.9 Å². The Hall–Kier alpha value is -1.31. The Kier molecular flexibility index (Phi) is 5.04. The van der Waals surface area contributed by atoms with Crippen molar-refractivity contribution in [3.05, 3.63) is 0 Å². The van der Waals surface area contributed by atoms with E-state index in [-0.39, 0.29) is 18.9 Å². The van der Waals surface area contributed by atoms with Crippen LogP contribution in [-0.4, -0.2) is 25.1 Å². The van der Waals surface area contributed by atoms with E-state index in [0.717, 1.165) is 19.1 Å². The fraction of sp³-hybridized carbons (Fsp3) is 0.727. The minimum absolute atomic E-state index is 0.0566. The maximum atomic E-state index is 11.4. The van der Waals surface area contributed by atoms with Crippen LogP contribution in [0.2, 0.25) is 12.6 Å². The highest BCUT2D eigenvalue weighted by Gasteiger charge is 2.32. The zero-order chi connectivity index (χ0) is 12.0. The lowest BCUT2D eigenvalue weighted by molar-refractivity contribution is -0.145. The number of esters is 1. The molecule has 0 radical (unpaired) electrons. The fourth-order valence-corrected chi connectivity index (χ4v) is 1.90. The van der Waals surface area contributed by atoms with Crippen molar-refractivity contribution in [3.63, 3.8) is 0 Å². The van der Waals surface area contributed by atoms with Crippen molar-refractivity contribution in [2.45, 2.75) is 38.8 Å². The van der Waals surface area contributed by atoms with Gasteiger partial charge >= 0.3 is 5.97 Å². The Morgan fingerprint density at radius 1 is 1.50 bits per heavy atom. The van der Waals surface area contributed by atoms with Gasteiger partial charge in [-0.1, -0.05) is 18.6 Å². The van der Waals surface area contributed by atoms with Crippen LogP contribution in [0, 0.1) is 17.1 Å². The van der Waals surface area contributed by atoms with Crippen molar-refractivity contribution in [2.24, 2.45) is 5.92 Å². The van der Waals surface area contributed by atoms with Crippen molar-refractivity contribution in [3.8, 4) is 5.97 Å². The zero-order valence-electron chi connectivity index (χ0n) is 9.57. The predicted octanol–water partition coefficient (Wildman–Crippen LogP) is 1.48. The molecule has 1 aliphatic rings. The average Bonchev–Trinajstić information content (AvgIpc) is 2.15. The molecule has 1 aliphatic heterocycles. The molecule has 0 aromatic heterocycles. The van der Waals surface area contributed by atoms with Crippen LogP contribution in [0.3, 0.4) is 0 Å². The second kappa shape index (κ2) is 6.31. The summed E-state index contributed by atoms with van der Waals surface area (Å²) >= 11 is 0. The Balaban J connectivity index is 2.08. The normalized spacial score (nSPS) is 15.1. The lowest BCUT2D eigenvalue weighted by atomic mass is 9.32. The number of rotatable bonds is 6. The second-order valence-corrected chi connectivity index (χ2v) is 4.22. The quantitative estimate of drug-likeness (QED) is 0.387. The van der Waals surface area contributed by atoms with Crippen LogP contribution < -0.4 is 0 Å². The first kappa shape index (κ1) is 12.8. The molecule has 1 fully saturated rings. The van der Waals surface area contributed by atoms with Gasteiger partial charge < -0.3 is 4.74 Å². The summed E-state index contributed by atoms with van der Waals surface area (Å²) in [6, 6.07) is 0. The minimum Gasteiger partial charge on any atom is -0.466 e. The molecule has 0 spiro atoms. The number of Topliss-reactive ketones (excluding diaryl/α,β-unsaturated/α-hetero) is 1. The first-order valence-electron chi connectivity index (χ1n) is 5.72. The molecule has 0 atom stereocenters. The van der Waals surface area contributed by atoms with Crippen molar-refractivity contribution in [1.29, 1.82) is 5.26 Å². The summed E-state index contributed by atoms with van der Waals surface area (Å²) in [7, 11) is 0. The summed E-state index contributed by atoms with van der Waals surface area (Å²) in [6.07, 6.45) is 2.94. The van der Waals surface area contributed by atoms with Gasteiger partial charge in [0.1, 0.15) is 12.2 Å². The van der Waals surface area contributed by atoms with Gasteiger partial charge in [-0.25, -0.2) is 5.26 Å². The lowest BCUT2D eigenvalue weighted by Crippen LogP contribution is -2.30. The predicted molar refractivity (Wildman–Crippen MR) is 60.0 cm³/mol. The summed E-state index contributed by atoms with van der Waals surface area (Å²) < 4.78 is 4.69. The van der Waals surface area contributed by atoms with Crippen molar-refractivity contribution in [2.75, 3.05) is 6.61 Å². The van der Waals surface area contributed by atoms with E-state index >= 15 is 0 Å². The number of nitriles is 1. The van der Waals surface area contributed by atoms with Crippen LogP contribution in [0.15, 0.2) is 0 Å². The summed E-state index contributed by atoms with van der Waals surface area (Å²) in [5.74, 6) is 2.21. The van der Waals surface area contributed by atoms with Crippen LogP contribution >= 0.6 is 0 Å². The third-order valence-electron chi connectivity index (χ3n) is 2.90. The minimum atomic E-state index is -0.434. The molecule has 1 rings (SSSR count). The maximum Gasteiger partial charge on any atom is 0.313 e. The average molecular weight is 221 g/mol. The fourth-order valence-electron chi connectivity index (χ4n) is 1.90. The molecule has 0 aromatic carbocycles. The monoisotopic (exact) mass is 221 g/mol. The summed E-state index contributed by atoms with van der Waals surface area (Å²) in [4.78, 5) is 22.4. The molecule has 0 unspecified atom stereocenters. The smallest absolute Gasteiger partial charge is 0.313 e. The van der Waals surface area contributed by atoms with Crippen molar-refractivity contribution in [1.82, 2.24) is 0 Å². The highest BCUT2D eigenvalue weighted by Crippen LogP contribution is 2.32. The molecular weight excluding hydrogens is 205 g/mol. The van der Waals surface area contributed by atoms with E-state index in [2.05, 4.69) is 5.97 Å². The molecule has 0 amide bonds.